The molecule has 0 atom stereocenters. The Bertz CT molecular complexity index is 666. The molecular weight excluding hydrogens is 354 g/mol. The van der Waals surface area contributed by atoms with Crippen LogP contribution in [0.1, 0.15) is 36.2 Å². The van der Waals surface area contributed by atoms with E-state index in [2.05, 4.69) is 46.4 Å². The first-order valence-electron chi connectivity index (χ1n) is 8.63. The Kier molecular flexibility index (Phi) is 8.15. The van der Waals surface area contributed by atoms with E-state index in [-0.39, 0.29) is 0 Å². The summed E-state index contributed by atoms with van der Waals surface area (Å²) in [6.45, 7) is 8.75. The first-order chi connectivity index (χ1) is 12.1. The fourth-order valence-corrected chi connectivity index (χ4v) is 3.41. The first-order valence-corrected chi connectivity index (χ1v) is 9.82. The van der Waals surface area contributed by atoms with Crippen LogP contribution in [-0.4, -0.2) is 29.0 Å². The topological polar surface area (TPSA) is 62.2 Å². The number of thiazole rings is 1. The van der Waals surface area contributed by atoms with Crippen LogP contribution in [0.5, 0.6) is 0 Å². The van der Waals surface area contributed by atoms with Crippen molar-refractivity contribution in [3.63, 3.8) is 0 Å². The Labute approximate surface area is 159 Å². The molecule has 0 saturated heterocycles. The molecule has 0 amide bonds. The molecule has 2 heterocycles. The number of nitrogens with zero attached hydrogens (tertiary/aromatic N) is 3. The minimum Gasteiger partial charge on any atom is -0.357 e. The fourth-order valence-electron chi connectivity index (χ4n) is 2.24. The van der Waals surface area contributed by atoms with Crippen molar-refractivity contribution in [2.75, 3.05) is 13.1 Å². The van der Waals surface area contributed by atoms with E-state index in [4.69, 9.17) is 11.6 Å². The Morgan fingerprint density at radius 1 is 1.24 bits per heavy atom. The highest BCUT2D eigenvalue weighted by Gasteiger charge is 2.05. The summed E-state index contributed by atoms with van der Waals surface area (Å²) in [5.74, 6) is 1.45. The van der Waals surface area contributed by atoms with Gasteiger partial charge in [-0.05, 0) is 30.9 Å². The van der Waals surface area contributed by atoms with Crippen LogP contribution in [0.4, 0.5) is 0 Å². The molecule has 0 aliphatic rings. The van der Waals surface area contributed by atoms with Gasteiger partial charge in [0.25, 0.3) is 0 Å². The minimum atomic E-state index is 0.521. The summed E-state index contributed by atoms with van der Waals surface area (Å²) in [5, 5.41) is 8.34. The van der Waals surface area contributed by atoms with Crippen LogP contribution in [0, 0.1) is 5.92 Å². The van der Waals surface area contributed by atoms with Crippen LogP contribution in [0.2, 0.25) is 5.15 Å². The van der Waals surface area contributed by atoms with Crippen LogP contribution in [-0.2, 0) is 19.4 Å². The number of pyridine rings is 1. The van der Waals surface area contributed by atoms with Gasteiger partial charge in [0.2, 0.25) is 0 Å². The SMILES string of the molecule is CCNC(=NCc1cnc(CC(C)C)s1)NCCc1ccc(Cl)nc1. The van der Waals surface area contributed by atoms with Gasteiger partial charge in [0.1, 0.15) is 5.15 Å². The van der Waals surface area contributed by atoms with Crippen molar-refractivity contribution >= 4 is 28.9 Å². The lowest BCUT2D eigenvalue weighted by molar-refractivity contribution is 0.644. The highest BCUT2D eigenvalue weighted by atomic mass is 35.5. The van der Waals surface area contributed by atoms with Crippen molar-refractivity contribution in [2.24, 2.45) is 10.9 Å². The molecule has 0 aliphatic heterocycles. The molecule has 0 aromatic carbocycles. The molecule has 7 heteroatoms. The molecule has 2 rings (SSSR count). The maximum atomic E-state index is 5.81. The van der Waals surface area contributed by atoms with Gasteiger partial charge in [-0.2, -0.15) is 0 Å². The number of halogens is 1. The zero-order valence-corrected chi connectivity index (χ0v) is 16.6. The average Bonchev–Trinajstić information content (AvgIpc) is 3.01. The third-order valence-corrected chi connectivity index (χ3v) is 4.64. The van der Waals surface area contributed by atoms with E-state index in [0.717, 1.165) is 37.5 Å². The number of aliphatic imine (C=N–C) groups is 1. The molecule has 0 unspecified atom stereocenters. The number of rotatable bonds is 8. The van der Waals surface area contributed by atoms with Crippen molar-refractivity contribution in [1.82, 2.24) is 20.6 Å². The summed E-state index contributed by atoms with van der Waals surface area (Å²) in [6.07, 6.45) is 5.64. The van der Waals surface area contributed by atoms with Gasteiger partial charge in [0.05, 0.1) is 11.6 Å². The largest absolute Gasteiger partial charge is 0.357 e. The molecule has 2 aromatic rings. The van der Waals surface area contributed by atoms with Gasteiger partial charge < -0.3 is 10.6 Å². The van der Waals surface area contributed by atoms with Gasteiger partial charge in [-0.1, -0.05) is 31.5 Å². The second kappa shape index (κ2) is 10.4. The smallest absolute Gasteiger partial charge is 0.191 e. The van der Waals surface area contributed by atoms with Crippen molar-refractivity contribution in [2.45, 2.75) is 40.2 Å². The van der Waals surface area contributed by atoms with Crippen LogP contribution in [0.25, 0.3) is 0 Å². The molecular formula is C18H26ClN5S. The summed E-state index contributed by atoms with van der Waals surface area (Å²) < 4.78 is 0. The van der Waals surface area contributed by atoms with Crippen LogP contribution >= 0.6 is 22.9 Å². The fraction of sp³-hybridized carbons (Fsp3) is 0.500. The second-order valence-corrected chi connectivity index (χ2v) is 7.77. The third-order valence-electron chi connectivity index (χ3n) is 3.42. The van der Waals surface area contributed by atoms with E-state index in [9.17, 15) is 0 Å². The molecule has 0 radical (unpaired) electrons. The second-order valence-electron chi connectivity index (χ2n) is 6.18. The number of hydrogen-bond donors (Lipinski definition) is 2. The molecule has 0 saturated carbocycles. The van der Waals surface area contributed by atoms with Crippen molar-refractivity contribution < 1.29 is 0 Å². The zero-order chi connectivity index (χ0) is 18.1. The number of aromatic nitrogens is 2. The maximum Gasteiger partial charge on any atom is 0.191 e. The molecule has 2 aromatic heterocycles. The predicted molar refractivity (Wildman–Crippen MR) is 106 cm³/mol. The van der Waals surface area contributed by atoms with E-state index >= 15 is 0 Å². The molecule has 0 aliphatic carbocycles. The zero-order valence-electron chi connectivity index (χ0n) is 15.1. The minimum absolute atomic E-state index is 0.521. The number of guanidine groups is 1. The number of hydrogen-bond acceptors (Lipinski definition) is 4. The van der Waals surface area contributed by atoms with Gasteiger partial charge in [0.15, 0.2) is 5.96 Å². The quantitative estimate of drug-likeness (QED) is 0.417. The van der Waals surface area contributed by atoms with Crippen LogP contribution in [0.15, 0.2) is 29.5 Å². The van der Waals surface area contributed by atoms with Gasteiger partial charge in [-0.25, -0.2) is 15.0 Å². The highest BCUT2D eigenvalue weighted by Crippen LogP contribution is 2.17. The van der Waals surface area contributed by atoms with Gasteiger partial charge in [-0.15, -0.1) is 11.3 Å². The van der Waals surface area contributed by atoms with Crippen LogP contribution in [0.3, 0.4) is 0 Å². The monoisotopic (exact) mass is 379 g/mol. The molecule has 136 valence electrons. The van der Waals surface area contributed by atoms with Crippen LogP contribution < -0.4 is 10.6 Å². The van der Waals surface area contributed by atoms with E-state index in [0.29, 0.717) is 17.6 Å². The van der Waals surface area contributed by atoms with Crippen molar-refractivity contribution in [1.29, 1.82) is 0 Å². The maximum absolute atomic E-state index is 5.81. The lowest BCUT2D eigenvalue weighted by Crippen LogP contribution is -2.38. The average molecular weight is 380 g/mol. The molecule has 0 bridgehead atoms. The first kappa shape index (κ1) is 19.7. The van der Waals surface area contributed by atoms with Gasteiger partial charge in [0, 0.05) is 36.8 Å². The summed E-state index contributed by atoms with van der Waals surface area (Å²) in [6, 6.07) is 3.81. The van der Waals surface area contributed by atoms with E-state index < -0.39 is 0 Å². The predicted octanol–water partition coefficient (Wildman–Crippen LogP) is 3.69. The Hall–Kier alpha value is -1.66. The molecule has 5 nitrogen and oxygen atoms in total. The molecule has 0 spiro atoms. The Balaban J connectivity index is 1.84. The lowest BCUT2D eigenvalue weighted by Gasteiger charge is -2.11. The number of nitrogens with one attached hydrogen (secondary N) is 2. The van der Waals surface area contributed by atoms with Gasteiger partial charge in [-0.3, -0.25) is 0 Å². The summed E-state index contributed by atoms with van der Waals surface area (Å²) in [4.78, 5) is 14.4. The molecule has 25 heavy (non-hydrogen) atoms. The Morgan fingerprint density at radius 2 is 2.08 bits per heavy atom. The lowest BCUT2D eigenvalue weighted by atomic mass is 10.1. The normalized spacial score (nSPS) is 11.8. The third kappa shape index (κ3) is 7.40. The summed E-state index contributed by atoms with van der Waals surface area (Å²) in [5.41, 5.74) is 1.15. The van der Waals surface area contributed by atoms with E-state index in [1.54, 1.807) is 11.3 Å². The van der Waals surface area contributed by atoms with Crippen molar-refractivity contribution in [3.05, 3.63) is 45.1 Å². The highest BCUT2D eigenvalue weighted by molar-refractivity contribution is 7.11. The van der Waals surface area contributed by atoms with E-state index in [1.165, 1.54) is 9.88 Å². The molecule has 2 N–H and O–H groups in total. The Morgan fingerprint density at radius 3 is 2.76 bits per heavy atom. The molecule has 0 fully saturated rings. The summed E-state index contributed by atoms with van der Waals surface area (Å²) >= 11 is 7.56. The van der Waals surface area contributed by atoms with Crippen molar-refractivity contribution in [3.8, 4) is 0 Å². The van der Waals surface area contributed by atoms with E-state index in [1.807, 2.05) is 24.5 Å². The standard InChI is InChI=1S/C18H26ClN5S/c1-4-20-18(21-8-7-14-5-6-16(19)22-10-14)24-12-15-11-23-17(25-15)9-13(2)3/h5-6,10-11,13H,4,7-9,12H2,1-3H3,(H2,20,21,24). The van der Waals surface area contributed by atoms with Gasteiger partial charge >= 0.3 is 0 Å². The summed E-state index contributed by atoms with van der Waals surface area (Å²) in [7, 11) is 0.